The number of rotatable bonds is 5. The molecule has 0 fully saturated rings. The van der Waals surface area contributed by atoms with Gasteiger partial charge in [0.2, 0.25) is 0 Å². The van der Waals surface area contributed by atoms with E-state index in [1.807, 2.05) is 0 Å². The van der Waals surface area contributed by atoms with E-state index in [0.717, 1.165) is 33.8 Å². The summed E-state index contributed by atoms with van der Waals surface area (Å²) in [5.41, 5.74) is 14.2. The van der Waals surface area contributed by atoms with Crippen molar-refractivity contribution in [1.82, 2.24) is 9.13 Å². The molecule has 1 unspecified atom stereocenters. The number of fused-ring (bicyclic) bond motifs is 7. The lowest BCUT2D eigenvalue weighted by molar-refractivity contribution is 0.572. The summed E-state index contributed by atoms with van der Waals surface area (Å²) in [6.07, 6.45) is 0. The van der Waals surface area contributed by atoms with E-state index in [1.165, 1.54) is 60.4 Å². The van der Waals surface area contributed by atoms with Crippen LogP contribution in [0.5, 0.6) is 0 Å². The van der Waals surface area contributed by atoms with Crippen molar-refractivity contribution in [2.24, 2.45) is 4.99 Å². The van der Waals surface area contributed by atoms with Gasteiger partial charge in [-0.25, -0.2) is 0 Å². The Morgan fingerprint density at radius 1 is 0.418 bits per heavy atom. The minimum Gasteiger partial charge on any atom is -0.357 e. The molecule has 260 valence electrons. The topological polar surface area (TPSA) is 34.2 Å². The number of nitrogens with zero attached hydrogens (tertiary/aromatic N) is 3. The summed E-state index contributed by atoms with van der Waals surface area (Å²) in [5.74, 6) is 0. The average Bonchev–Trinajstić information content (AvgIpc) is 3.76. The fourth-order valence-corrected chi connectivity index (χ4v) is 8.71. The zero-order valence-electron chi connectivity index (χ0n) is 30.3. The van der Waals surface area contributed by atoms with Gasteiger partial charge in [0.15, 0.2) is 5.66 Å². The first-order valence-corrected chi connectivity index (χ1v) is 18.9. The van der Waals surface area contributed by atoms with Crippen LogP contribution in [0.2, 0.25) is 0 Å². The third-order valence-electron chi connectivity index (χ3n) is 11.3. The third-order valence-corrected chi connectivity index (χ3v) is 11.3. The van der Waals surface area contributed by atoms with Crippen LogP contribution >= 0.6 is 0 Å². The first kappa shape index (κ1) is 31.4. The van der Waals surface area contributed by atoms with E-state index >= 15 is 0 Å². The molecule has 3 heterocycles. The first-order chi connectivity index (χ1) is 27.1. The fraction of sp³-hybridized carbons (Fsp3) is 0.0392. The molecule has 4 heteroatoms. The van der Waals surface area contributed by atoms with Gasteiger partial charge in [0, 0.05) is 55.3 Å². The van der Waals surface area contributed by atoms with E-state index < -0.39 is 5.66 Å². The molecule has 1 aliphatic heterocycles. The van der Waals surface area contributed by atoms with Gasteiger partial charge in [0.1, 0.15) is 0 Å². The highest BCUT2D eigenvalue weighted by Crippen LogP contribution is 2.40. The van der Waals surface area contributed by atoms with E-state index in [0.29, 0.717) is 0 Å². The van der Waals surface area contributed by atoms with Gasteiger partial charge in [-0.15, -0.1) is 0 Å². The Balaban J connectivity index is 1.04. The zero-order chi connectivity index (χ0) is 36.5. The van der Waals surface area contributed by atoms with Crippen molar-refractivity contribution in [2.45, 2.75) is 12.6 Å². The molecule has 1 N–H and O–H groups in total. The summed E-state index contributed by atoms with van der Waals surface area (Å²) in [7, 11) is 0. The van der Waals surface area contributed by atoms with Crippen LogP contribution in [-0.2, 0) is 5.66 Å². The normalized spacial score (nSPS) is 15.3. The van der Waals surface area contributed by atoms with Crippen LogP contribution in [-0.4, -0.2) is 14.8 Å². The van der Waals surface area contributed by atoms with Crippen LogP contribution in [0.1, 0.15) is 23.6 Å². The van der Waals surface area contributed by atoms with Crippen molar-refractivity contribution >= 4 is 55.0 Å². The van der Waals surface area contributed by atoms with Crippen LogP contribution in [0, 0.1) is 0 Å². The van der Waals surface area contributed by atoms with Gasteiger partial charge in [-0.1, -0.05) is 127 Å². The highest BCUT2D eigenvalue weighted by molar-refractivity contribution is 6.17. The maximum atomic E-state index is 5.44. The van der Waals surface area contributed by atoms with Gasteiger partial charge in [-0.2, -0.15) is 0 Å². The van der Waals surface area contributed by atoms with Crippen LogP contribution in [0.3, 0.4) is 0 Å². The second kappa shape index (κ2) is 12.2. The first-order valence-electron chi connectivity index (χ1n) is 18.9. The molecule has 55 heavy (non-hydrogen) atoms. The van der Waals surface area contributed by atoms with Gasteiger partial charge >= 0.3 is 0 Å². The molecular weight excluding hydrogens is 669 g/mol. The standard InChI is InChI=1S/C51H36N4/c1-51(52-45-24-11-8-23-42(45)50(53-51)34-15-4-2-5-16-34)37-17-14-20-39(33-37)55-47-26-13-10-22-41(47)44-32-36(28-30-49(44)55)35-27-29-48-43(31-35)40-21-9-12-25-46(40)54(48)38-18-6-3-7-19-38/h2-33,52H,1H3. The van der Waals surface area contributed by atoms with Crippen LogP contribution in [0.15, 0.2) is 199 Å². The molecule has 8 aromatic carbocycles. The molecule has 1 aliphatic rings. The largest absolute Gasteiger partial charge is 0.357 e. The molecule has 0 aliphatic carbocycles. The monoisotopic (exact) mass is 704 g/mol. The number of hydrogen-bond donors (Lipinski definition) is 1. The summed E-state index contributed by atoms with van der Waals surface area (Å²) in [6, 6.07) is 69.8. The molecule has 0 amide bonds. The maximum Gasteiger partial charge on any atom is 0.153 e. The quantitative estimate of drug-likeness (QED) is 0.190. The summed E-state index contributed by atoms with van der Waals surface area (Å²) in [4.78, 5) is 5.44. The van der Waals surface area contributed by atoms with Crippen molar-refractivity contribution in [3.63, 3.8) is 0 Å². The molecular formula is C51H36N4. The predicted molar refractivity (Wildman–Crippen MR) is 230 cm³/mol. The number of nitrogens with one attached hydrogen (secondary N) is 1. The minimum absolute atomic E-state index is 0.677. The van der Waals surface area contributed by atoms with E-state index in [9.17, 15) is 0 Å². The number of aromatic nitrogens is 2. The molecule has 2 aromatic heterocycles. The van der Waals surface area contributed by atoms with Crippen LogP contribution in [0.4, 0.5) is 5.69 Å². The van der Waals surface area contributed by atoms with Gasteiger partial charge in [-0.3, -0.25) is 4.99 Å². The van der Waals surface area contributed by atoms with Crippen molar-refractivity contribution in [3.05, 3.63) is 211 Å². The second-order valence-corrected chi connectivity index (χ2v) is 14.6. The molecule has 10 aromatic rings. The SMILES string of the molecule is CC1(c2cccc(-n3c4ccccc4c4cc(-c5ccc6c(c5)c5ccccc5n6-c5ccccc5)ccc43)c2)N=C(c2ccccc2)c2ccccc2N1. The van der Waals surface area contributed by atoms with E-state index in [2.05, 4.69) is 215 Å². The summed E-state index contributed by atoms with van der Waals surface area (Å²) < 4.78 is 4.77. The minimum atomic E-state index is -0.677. The number of aliphatic imine (C=N–C) groups is 1. The Morgan fingerprint density at radius 3 is 1.62 bits per heavy atom. The lowest BCUT2D eigenvalue weighted by Crippen LogP contribution is -2.35. The Hall–Kier alpha value is -7.17. The van der Waals surface area contributed by atoms with Crippen molar-refractivity contribution in [2.75, 3.05) is 5.32 Å². The Morgan fingerprint density at radius 2 is 0.945 bits per heavy atom. The van der Waals surface area contributed by atoms with Gasteiger partial charge in [-0.05, 0) is 84.8 Å². The summed E-state index contributed by atoms with van der Waals surface area (Å²) in [5, 5.41) is 8.76. The highest BCUT2D eigenvalue weighted by atomic mass is 15.2. The number of benzene rings is 8. The van der Waals surface area contributed by atoms with Gasteiger partial charge < -0.3 is 14.5 Å². The lowest BCUT2D eigenvalue weighted by Gasteiger charge is -2.35. The Labute approximate surface area is 319 Å². The predicted octanol–water partition coefficient (Wildman–Crippen LogP) is 12.7. The molecule has 0 radical (unpaired) electrons. The van der Waals surface area contributed by atoms with E-state index in [1.54, 1.807) is 0 Å². The van der Waals surface area contributed by atoms with Crippen molar-refractivity contribution in [3.8, 4) is 22.5 Å². The molecule has 0 spiro atoms. The number of hydrogen-bond acceptors (Lipinski definition) is 2. The molecule has 0 saturated heterocycles. The lowest BCUT2D eigenvalue weighted by atomic mass is 9.92. The molecule has 1 atom stereocenters. The fourth-order valence-electron chi connectivity index (χ4n) is 8.71. The highest BCUT2D eigenvalue weighted by Gasteiger charge is 2.33. The smallest absolute Gasteiger partial charge is 0.153 e. The van der Waals surface area contributed by atoms with Gasteiger partial charge in [0.25, 0.3) is 0 Å². The third kappa shape index (κ3) is 4.95. The Kier molecular flexibility index (Phi) is 6.95. The van der Waals surface area contributed by atoms with Crippen LogP contribution < -0.4 is 5.32 Å². The van der Waals surface area contributed by atoms with E-state index in [-0.39, 0.29) is 0 Å². The molecule has 0 bridgehead atoms. The van der Waals surface area contributed by atoms with Gasteiger partial charge in [0.05, 0.1) is 27.8 Å². The van der Waals surface area contributed by atoms with Crippen molar-refractivity contribution < 1.29 is 0 Å². The number of anilines is 1. The van der Waals surface area contributed by atoms with E-state index in [4.69, 9.17) is 4.99 Å². The molecule has 11 rings (SSSR count). The molecule has 4 nitrogen and oxygen atoms in total. The summed E-state index contributed by atoms with van der Waals surface area (Å²) >= 11 is 0. The number of para-hydroxylation sites is 4. The van der Waals surface area contributed by atoms with Crippen LogP contribution in [0.25, 0.3) is 66.1 Å². The average molecular weight is 705 g/mol. The maximum absolute atomic E-state index is 5.44. The molecule has 0 saturated carbocycles. The zero-order valence-corrected chi connectivity index (χ0v) is 30.3. The summed E-state index contributed by atoms with van der Waals surface area (Å²) in [6.45, 7) is 2.18. The second-order valence-electron chi connectivity index (χ2n) is 14.6. The Bertz CT molecular complexity index is 3130. The van der Waals surface area contributed by atoms with Crippen molar-refractivity contribution in [1.29, 1.82) is 0 Å².